The van der Waals surface area contributed by atoms with Gasteiger partial charge in [0, 0.05) is 6.92 Å². The molecular weight excluding hydrogens is 183 g/mol. The summed E-state index contributed by atoms with van der Waals surface area (Å²) < 4.78 is 0. The molecule has 0 spiro atoms. The topological polar surface area (TPSA) is 72.8 Å². The van der Waals surface area contributed by atoms with E-state index in [1.165, 1.54) is 6.92 Å². The Bertz CT molecular complexity index is 215. The summed E-state index contributed by atoms with van der Waals surface area (Å²) in [4.78, 5) is 13.1. The average Bonchev–Trinajstić information content (AvgIpc) is 2.08. The molecule has 0 aromatic heterocycles. The van der Waals surface area contributed by atoms with Crippen LogP contribution in [0.1, 0.15) is 19.8 Å². The van der Waals surface area contributed by atoms with Crippen LogP contribution in [-0.2, 0) is 4.79 Å². The number of piperidine rings is 1. The van der Waals surface area contributed by atoms with Crippen molar-refractivity contribution in [3.8, 4) is 0 Å². The van der Waals surface area contributed by atoms with Crippen molar-refractivity contribution in [2.24, 2.45) is 0 Å². The van der Waals surface area contributed by atoms with Gasteiger partial charge < -0.3 is 20.3 Å². The maximum absolute atomic E-state index is 11.0. The largest absolute Gasteiger partial charge is 0.478 e. The van der Waals surface area contributed by atoms with Crippen molar-refractivity contribution in [1.29, 1.82) is 0 Å². The van der Waals surface area contributed by atoms with Crippen molar-refractivity contribution < 1.29 is 14.8 Å². The molecule has 1 aliphatic heterocycles. The summed E-state index contributed by atoms with van der Waals surface area (Å²) in [6.45, 7) is 2.91. The molecule has 1 amide bonds. The number of nitrogens with zero attached hydrogens (tertiary/aromatic N) is 1. The third-order valence-corrected chi connectivity index (χ3v) is 2.80. The van der Waals surface area contributed by atoms with Crippen molar-refractivity contribution in [3.05, 3.63) is 0 Å². The highest BCUT2D eigenvalue weighted by molar-refractivity contribution is 6.46. The number of amides is 1. The van der Waals surface area contributed by atoms with E-state index < -0.39 is 12.6 Å². The fourth-order valence-corrected chi connectivity index (χ4v) is 1.82. The zero-order chi connectivity index (χ0) is 10.8. The van der Waals surface area contributed by atoms with Crippen molar-refractivity contribution in [2.75, 3.05) is 20.1 Å². The van der Waals surface area contributed by atoms with E-state index in [0.29, 0.717) is 12.8 Å². The fourth-order valence-electron chi connectivity index (χ4n) is 1.82. The third-order valence-electron chi connectivity index (χ3n) is 2.80. The Kier molecular flexibility index (Phi) is 3.52. The normalized spacial score (nSPS) is 21.7. The van der Waals surface area contributed by atoms with Gasteiger partial charge in [-0.3, -0.25) is 4.79 Å². The molecule has 1 aliphatic rings. The number of carbonyl (C=O) groups is 1. The van der Waals surface area contributed by atoms with E-state index in [4.69, 9.17) is 0 Å². The minimum absolute atomic E-state index is 0.220. The maximum atomic E-state index is 11.0. The van der Waals surface area contributed by atoms with Crippen molar-refractivity contribution in [1.82, 2.24) is 10.2 Å². The summed E-state index contributed by atoms with van der Waals surface area (Å²) >= 11 is 0. The number of hydrogen-bond donors (Lipinski definition) is 3. The molecule has 1 heterocycles. The summed E-state index contributed by atoms with van der Waals surface area (Å²) in [5.74, 6) is -0.220. The van der Waals surface area contributed by atoms with E-state index in [2.05, 4.69) is 10.2 Å². The number of carbonyl (C=O) groups excluding carboxylic acids is 1. The van der Waals surface area contributed by atoms with Crippen LogP contribution in [0.5, 0.6) is 0 Å². The number of hydrogen-bond acceptors (Lipinski definition) is 4. The Morgan fingerprint density at radius 2 is 1.93 bits per heavy atom. The zero-order valence-electron chi connectivity index (χ0n) is 8.66. The van der Waals surface area contributed by atoms with Gasteiger partial charge in [0.15, 0.2) is 0 Å². The minimum Gasteiger partial charge on any atom is -0.426 e. The van der Waals surface area contributed by atoms with Gasteiger partial charge in [0.25, 0.3) is 0 Å². The third kappa shape index (κ3) is 2.46. The van der Waals surface area contributed by atoms with Crippen LogP contribution in [0, 0.1) is 0 Å². The summed E-state index contributed by atoms with van der Waals surface area (Å²) in [5.41, 5.74) is -0.849. The van der Waals surface area contributed by atoms with Gasteiger partial charge >= 0.3 is 7.12 Å². The van der Waals surface area contributed by atoms with Gasteiger partial charge in [-0.05, 0) is 33.0 Å². The van der Waals surface area contributed by atoms with Gasteiger partial charge in [-0.2, -0.15) is 0 Å². The highest BCUT2D eigenvalue weighted by atomic mass is 16.4. The lowest BCUT2D eigenvalue weighted by Crippen LogP contribution is -2.63. The van der Waals surface area contributed by atoms with Gasteiger partial charge in [-0.1, -0.05) is 0 Å². The predicted molar refractivity (Wildman–Crippen MR) is 53.5 cm³/mol. The molecule has 0 bridgehead atoms. The highest BCUT2D eigenvalue weighted by Gasteiger charge is 2.44. The van der Waals surface area contributed by atoms with Gasteiger partial charge in [-0.15, -0.1) is 0 Å². The van der Waals surface area contributed by atoms with Crippen molar-refractivity contribution in [3.63, 3.8) is 0 Å². The van der Waals surface area contributed by atoms with Crippen LogP contribution >= 0.6 is 0 Å². The van der Waals surface area contributed by atoms with Gasteiger partial charge in [0.05, 0.1) is 5.44 Å². The second-order valence-corrected chi connectivity index (χ2v) is 4.01. The first-order valence-corrected chi connectivity index (χ1v) is 4.80. The lowest BCUT2D eigenvalue weighted by Gasteiger charge is -2.40. The summed E-state index contributed by atoms with van der Waals surface area (Å²) in [7, 11) is 0.488. The van der Waals surface area contributed by atoms with E-state index in [9.17, 15) is 14.8 Å². The summed E-state index contributed by atoms with van der Waals surface area (Å²) in [6, 6.07) is 0. The lowest BCUT2D eigenvalue weighted by molar-refractivity contribution is -0.120. The molecule has 0 atom stereocenters. The molecule has 1 fully saturated rings. The van der Waals surface area contributed by atoms with Gasteiger partial charge in [-0.25, -0.2) is 0 Å². The molecule has 0 aliphatic carbocycles. The quantitative estimate of drug-likeness (QED) is 0.479. The van der Waals surface area contributed by atoms with E-state index in [1.807, 2.05) is 7.05 Å². The Morgan fingerprint density at radius 3 is 2.29 bits per heavy atom. The maximum Gasteiger partial charge on any atom is 0.478 e. The second-order valence-electron chi connectivity index (χ2n) is 4.01. The molecule has 5 nitrogen and oxygen atoms in total. The predicted octanol–water partition coefficient (Wildman–Crippen LogP) is -1.40. The molecule has 0 saturated carbocycles. The number of nitrogens with one attached hydrogen (secondary N) is 1. The number of likely N-dealkylation sites (tertiary alicyclic amines) is 1. The number of rotatable bonds is 2. The first-order chi connectivity index (χ1) is 6.46. The van der Waals surface area contributed by atoms with Gasteiger partial charge in [0.1, 0.15) is 0 Å². The fraction of sp³-hybridized carbons (Fsp3) is 0.875. The van der Waals surface area contributed by atoms with E-state index in [1.54, 1.807) is 0 Å². The molecule has 80 valence electrons. The Balaban J connectivity index is 2.68. The highest BCUT2D eigenvalue weighted by Crippen LogP contribution is 2.22. The van der Waals surface area contributed by atoms with Crippen LogP contribution in [0.4, 0.5) is 0 Å². The SMILES string of the molecule is CC(=O)NC1(B(O)O)CCN(C)CC1. The van der Waals surface area contributed by atoms with Crippen LogP contribution in [-0.4, -0.2) is 53.5 Å². The van der Waals surface area contributed by atoms with Crippen LogP contribution in [0.15, 0.2) is 0 Å². The molecule has 6 heteroatoms. The molecule has 0 unspecified atom stereocenters. The van der Waals surface area contributed by atoms with Crippen LogP contribution < -0.4 is 5.32 Å². The first kappa shape index (κ1) is 11.5. The van der Waals surface area contributed by atoms with E-state index in [0.717, 1.165) is 13.1 Å². The molecular formula is C8H17BN2O3. The van der Waals surface area contributed by atoms with Crippen molar-refractivity contribution >= 4 is 13.0 Å². The van der Waals surface area contributed by atoms with Crippen LogP contribution in [0.3, 0.4) is 0 Å². The molecule has 3 N–H and O–H groups in total. The minimum atomic E-state index is -1.49. The average molecular weight is 200 g/mol. The first-order valence-electron chi connectivity index (χ1n) is 4.80. The Morgan fingerprint density at radius 1 is 1.43 bits per heavy atom. The van der Waals surface area contributed by atoms with Crippen LogP contribution in [0.25, 0.3) is 0 Å². The second kappa shape index (κ2) is 4.29. The standard InChI is InChI=1S/C8H17BN2O3/c1-7(12)10-8(9(13)14)3-5-11(2)6-4-8/h13-14H,3-6H2,1-2H3,(H,10,12). The summed E-state index contributed by atoms with van der Waals surface area (Å²) in [6.07, 6.45) is 1.14. The molecule has 1 rings (SSSR count). The monoisotopic (exact) mass is 200 g/mol. The molecule has 14 heavy (non-hydrogen) atoms. The van der Waals surface area contributed by atoms with Crippen LogP contribution in [0.2, 0.25) is 0 Å². The van der Waals surface area contributed by atoms with E-state index in [-0.39, 0.29) is 5.91 Å². The zero-order valence-corrected chi connectivity index (χ0v) is 8.66. The van der Waals surface area contributed by atoms with Crippen molar-refractivity contribution in [2.45, 2.75) is 25.2 Å². The van der Waals surface area contributed by atoms with Gasteiger partial charge in [0.2, 0.25) is 5.91 Å². The lowest BCUT2D eigenvalue weighted by atomic mass is 9.60. The molecule has 0 radical (unpaired) electrons. The molecule has 0 aromatic rings. The smallest absolute Gasteiger partial charge is 0.426 e. The Hall–Kier alpha value is -0.585. The van der Waals surface area contributed by atoms with E-state index >= 15 is 0 Å². The summed E-state index contributed by atoms with van der Waals surface area (Å²) in [5, 5.41) is 21.2. The molecule has 0 aromatic carbocycles. The Labute approximate surface area is 84.2 Å². The molecule has 1 saturated heterocycles.